The maximum absolute atomic E-state index is 13.0. The van der Waals surface area contributed by atoms with Crippen LogP contribution in [0.25, 0.3) is 0 Å². The molecule has 2 heteroatoms. The molecule has 0 amide bonds. The molecule has 140 valence electrons. The standard InChI is InChI=1S/C24H32O2/c1-15-11-17(12-16(2)21(15)25)9-10-18-13-19(23(3,4)5)22(26)20(14-18)24(6,7)8/h9-14,17-18H,1-8H3. The average molecular weight is 353 g/mol. The third kappa shape index (κ3) is 4.41. The molecule has 2 aliphatic rings. The molecule has 2 rings (SSSR count). The Kier molecular flexibility index (Phi) is 5.46. The summed E-state index contributed by atoms with van der Waals surface area (Å²) in [5.41, 5.74) is 3.01. The van der Waals surface area contributed by atoms with E-state index >= 15 is 0 Å². The lowest BCUT2D eigenvalue weighted by atomic mass is 9.70. The monoisotopic (exact) mass is 352 g/mol. The fourth-order valence-corrected chi connectivity index (χ4v) is 3.48. The fourth-order valence-electron chi connectivity index (χ4n) is 3.48. The summed E-state index contributed by atoms with van der Waals surface area (Å²) in [5.74, 6) is 0.520. The number of Topliss-reactive ketones (excluding diaryl/α,β-unsaturated/α-hetero) is 2. The van der Waals surface area contributed by atoms with Gasteiger partial charge in [-0.15, -0.1) is 0 Å². The highest BCUT2D eigenvalue weighted by Crippen LogP contribution is 2.39. The zero-order chi connectivity index (χ0) is 19.9. The Morgan fingerprint density at radius 1 is 0.654 bits per heavy atom. The molecule has 2 aliphatic carbocycles. The molecule has 0 fully saturated rings. The van der Waals surface area contributed by atoms with E-state index in [1.165, 1.54) is 0 Å². The minimum Gasteiger partial charge on any atom is -0.289 e. The molecule has 0 saturated carbocycles. The maximum Gasteiger partial charge on any atom is 0.185 e. The van der Waals surface area contributed by atoms with Crippen molar-refractivity contribution in [1.82, 2.24) is 0 Å². The van der Waals surface area contributed by atoms with Gasteiger partial charge >= 0.3 is 0 Å². The normalized spacial score (nSPS) is 20.9. The van der Waals surface area contributed by atoms with E-state index in [4.69, 9.17) is 0 Å². The predicted molar refractivity (Wildman–Crippen MR) is 109 cm³/mol. The van der Waals surface area contributed by atoms with Crippen molar-refractivity contribution in [1.29, 1.82) is 0 Å². The number of ketones is 2. The highest BCUT2D eigenvalue weighted by atomic mass is 16.1. The molecule has 0 spiro atoms. The van der Waals surface area contributed by atoms with Crippen LogP contribution >= 0.6 is 0 Å². The molecule has 0 unspecified atom stereocenters. The maximum atomic E-state index is 13.0. The number of hydrogen-bond acceptors (Lipinski definition) is 2. The van der Waals surface area contributed by atoms with Crippen LogP contribution in [0.15, 0.2) is 58.7 Å². The second kappa shape index (κ2) is 6.98. The van der Waals surface area contributed by atoms with Crippen LogP contribution in [0.3, 0.4) is 0 Å². The Labute approximate surface area is 158 Å². The highest BCUT2D eigenvalue weighted by molar-refractivity contribution is 6.10. The van der Waals surface area contributed by atoms with E-state index in [0.29, 0.717) is 0 Å². The van der Waals surface area contributed by atoms with Crippen LogP contribution in [-0.4, -0.2) is 11.6 Å². The van der Waals surface area contributed by atoms with Crippen molar-refractivity contribution in [3.8, 4) is 0 Å². The molecule has 0 bridgehead atoms. The van der Waals surface area contributed by atoms with Crippen molar-refractivity contribution in [2.24, 2.45) is 22.7 Å². The topological polar surface area (TPSA) is 34.1 Å². The van der Waals surface area contributed by atoms with E-state index in [1.807, 2.05) is 26.0 Å². The molecule has 0 saturated heterocycles. The van der Waals surface area contributed by atoms with Gasteiger partial charge in [0, 0.05) is 23.0 Å². The number of hydrogen-bond donors (Lipinski definition) is 0. The van der Waals surface area contributed by atoms with Crippen molar-refractivity contribution in [2.45, 2.75) is 55.4 Å². The van der Waals surface area contributed by atoms with Gasteiger partial charge < -0.3 is 0 Å². The lowest BCUT2D eigenvalue weighted by Gasteiger charge is -2.32. The third-order valence-corrected chi connectivity index (χ3v) is 4.98. The van der Waals surface area contributed by atoms with Crippen molar-refractivity contribution in [2.75, 3.05) is 0 Å². The van der Waals surface area contributed by atoms with Gasteiger partial charge in [-0.05, 0) is 35.8 Å². The number of carbonyl (C=O) groups is 2. The lowest BCUT2D eigenvalue weighted by Crippen LogP contribution is -2.29. The van der Waals surface area contributed by atoms with Gasteiger partial charge in [-0.1, -0.05) is 78.0 Å². The first-order valence-electron chi connectivity index (χ1n) is 9.40. The molecule has 0 radical (unpaired) electrons. The van der Waals surface area contributed by atoms with E-state index in [1.54, 1.807) is 0 Å². The van der Waals surface area contributed by atoms with E-state index in [0.717, 1.165) is 22.3 Å². The Morgan fingerprint density at radius 2 is 1.00 bits per heavy atom. The zero-order valence-corrected chi connectivity index (χ0v) is 17.4. The average Bonchev–Trinajstić information content (AvgIpc) is 2.49. The summed E-state index contributed by atoms with van der Waals surface area (Å²) in [6, 6.07) is 0. The highest BCUT2D eigenvalue weighted by Gasteiger charge is 2.34. The van der Waals surface area contributed by atoms with Gasteiger partial charge in [-0.25, -0.2) is 0 Å². The van der Waals surface area contributed by atoms with Crippen molar-refractivity contribution in [3.05, 3.63) is 58.7 Å². The summed E-state index contributed by atoms with van der Waals surface area (Å²) in [4.78, 5) is 24.9. The van der Waals surface area contributed by atoms with Gasteiger partial charge in [-0.3, -0.25) is 9.59 Å². The Balaban J connectivity index is 2.37. The first-order valence-corrected chi connectivity index (χ1v) is 9.40. The third-order valence-electron chi connectivity index (χ3n) is 4.98. The second-order valence-electron chi connectivity index (χ2n) is 9.56. The van der Waals surface area contributed by atoms with Crippen LogP contribution in [0.1, 0.15) is 55.4 Å². The van der Waals surface area contributed by atoms with E-state index in [2.05, 4.69) is 65.8 Å². The van der Waals surface area contributed by atoms with Crippen LogP contribution in [0.2, 0.25) is 0 Å². The van der Waals surface area contributed by atoms with Crippen LogP contribution < -0.4 is 0 Å². The summed E-state index contributed by atoms with van der Waals surface area (Å²) >= 11 is 0. The van der Waals surface area contributed by atoms with Crippen LogP contribution in [0.5, 0.6) is 0 Å². The molecule has 0 N–H and O–H groups in total. The summed E-state index contributed by atoms with van der Waals surface area (Å²) in [7, 11) is 0. The molecule has 0 heterocycles. The number of carbonyl (C=O) groups excluding carboxylic acids is 2. The van der Waals surface area contributed by atoms with E-state index in [9.17, 15) is 9.59 Å². The Hall–Kier alpha value is -1.96. The first kappa shape index (κ1) is 20.4. The molecule has 2 nitrogen and oxygen atoms in total. The predicted octanol–water partition coefficient (Wildman–Crippen LogP) is 5.78. The summed E-state index contributed by atoms with van der Waals surface area (Å²) in [6.45, 7) is 16.3. The van der Waals surface area contributed by atoms with Crippen molar-refractivity contribution >= 4 is 11.6 Å². The second-order valence-corrected chi connectivity index (χ2v) is 9.56. The number of allylic oxidation sites excluding steroid dienone is 10. The summed E-state index contributed by atoms with van der Waals surface area (Å²) < 4.78 is 0. The molecule has 0 atom stereocenters. The van der Waals surface area contributed by atoms with Gasteiger partial charge in [0.25, 0.3) is 0 Å². The SMILES string of the molecule is CC1=CC(C=CC2C=C(C(C)(C)C)C(=O)C(C(C)(C)C)=C2)C=C(C)C1=O. The van der Waals surface area contributed by atoms with E-state index in [-0.39, 0.29) is 34.2 Å². The molecule has 0 aromatic heterocycles. The minimum atomic E-state index is -0.182. The van der Waals surface area contributed by atoms with Crippen LogP contribution in [-0.2, 0) is 9.59 Å². The molecular formula is C24H32O2. The minimum absolute atomic E-state index is 0.0937. The largest absolute Gasteiger partial charge is 0.289 e. The van der Waals surface area contributed by atoms with Crippen LogP contribution in [0.4, 0.5) is 0 Å². The zero-order valence-electron chi connectivity index (χ0n) is 17.4. The fraction of sp³-hybridized carbons (Fsp3) is 0.500. The van der Waals surface area contributed by atoms with Crippen molar-refractivity contribution < 1.29 is 9.59 Å². The quantitative estimate of drug-likeness (QED) is 0.591. The molecule has 26 heavy (non-hydrogen) atoms. The molecular weight excluding hydrogens is 320 g/mol. The van der Waals surface area contributed by atoms with E-state index < -0.39 is 0 Å². The molecule has 0 aromatic carbocycles. The Morgan fingerprint density at radius 3 is 1.35 bits per heavy atom. The van der Waals surface area contributed by atoms with Gasteiger partial charge in [0.05, 0.1) is 0 Å². The van der Waals surface area contributed by atoms with Gasteiger partial charge in [0.15, 0.2) is 11.6 Å². The Bertz CT molecular complexity index is 712. The summed E-state index contributed by atoms with van der Waals surface area (Å²) in [5, 5.41) is 0. The summed E-state index contributed by atoms with van der Waals surface area (Å²) in [6.07, 6.45) is 12.5. The van der Waals surface area contributed by atoms with Crippen LogP contribution in [0, 0.1) is 22.7 Å². The number of rotatable bonds is 2. The molecule has 0 aromatic rings. The van der Waals surface area contributed by atoms with Gasteiger partial charge in [0.2, 0.25) is 0 Å². The smallest absolute Gasteiger partial charge is 0.185 e. The van der Waals surface area contributed by atoms with Gasteiger partial charge in [0.1, 0.15) is 0 Å². The van der Waals surface area contributed by atoms with Gasteiger partial charge in [-0.2, -0.15) is 0 Å². The molecule has 0 aliphatic heterocycles. The van der Waals surface area contributed by atoms with Crippen molar-refractivity contribution in [3.63, 3.8) is 0 Å². The lowest BCUT2D eigenvalue weighted by molar-refractivity contribution is -0.114. The first-order chi connectivity index (χ1) is 11.8.